The maximum absolute atomic E-state index is 5.47. The van der Waals surface area contributed by atoms with Crippen molar-refractivity contribution in [2.24, 2.45) is 5.73 Å². The summed E-state index contributed by atoms with van der Waals surface area (Å²) in [4.78, 5) is 11.4. The summed E-state index contributed by atoms with van der Waals surface area (Å²) in [6, 6.07) is 1.97. The molecule has 3 N–H and O–H groups in total. The van der Waals surface area contributed by atoms with Gasteiger partial charge in [0, 0.05) is 12.7 Å². The van der Waals surface area contributed by atoms with E-state index in [9.17, 15) is 0 Å². The molecule has 0 amide bonds. The van der Waals surface area contributed by atoms with E-state index in [1.807, 2.05) is 13.0 Å². The number of hydrogen-bond donors (Lipinski definition) is 2. The molecule has 0 atom stereocenters. The molecule has 0 aromatic carbocycles. The third-order valence-electron chi connectivity index (χ3n) is 1.75. The second-order valence-electron chi connectivity index (χ2n) is 2.74. The first-order chi connectivity index (χ1) is 5.79. The van der Waals surface area contributed by atoms with E-state index in [0.717, 1.165) is 22.6 Å². The van der Waals surface area contributed by atoms with Crippen LogP contribution in [0.1, 0.15) is 11.4 Å². The first-order valence-corrected chi connectivity index (χ1v) is 3.81. The fourth-order valence-electron chi connectivity index (χ4n) is 1.18. The molecule has 4 heteroatoms. The number of hydrogen-bond acceptors (Lipinski definition) is 3. The molecule has 2 aromatic heterocycles. The predicted molar refractivity (Wildman–Crippen MR) is 46.5 cm³/mol. The summed E-state index contributed by atoms with van der Waals surface area (Å²) in [6.45, 7) is 2.42. The minimum Gasteiger partial charge on any atom is -0.341 e. The SMILES string of the molecule is Cc1nc2ncc(CN)cc2[nH]1. The van der Waals surface area contributed by atoms with Crippen molar-refractivity contribution in [2.75, 3.05) is 0 Å². The van der Waals surface area contributed by atoms with Crippen LogP contribution in [-0.2, 0) is 6.54 Å². The monoisotopic (exact) mass is 162 g/mol. The lowest BCUT2D eigenvalue weighted by atomic mass is 10.3. The number of nitrogens with one attached hydrogen (secondary N) is 1. The molecule has 2 rings (SSSR count). The number of aryl methyl sites for hydroxylation is 1. The minimum atomic E-state index is 0.515. The Hall–Kier alpha value is -1.42. The molecule has 4 nitrogen and oxygen atoms in total. The highest BCUT2D eigenvalue weighted by Crippen LogP contribution is 2.09. The van der Waals surface area contributed by atoms with Crippen molar-refractivity contribution in [3.8, 4) is 0 Å². The van der Waals surface area contributed by atoms with Crippen LogP contribution >= 0.6 is 0 Å². The molecule has 0 radical (unpaired) electrons. The molecule has 12 heavy (non-hydrogen) atoms. The lowest BCUT2D eigenvalue weighted by Crippen LogP contribution is -1.96. The number of fused-ring (bicyclic) bond motifs is 1. The van der Waals surface area contributed by atoms with Crippen LogP contribution in [0.2, 0.25) is 0 Å². The Bertz CT molecular complexity index is 404. The van der Waals surface area contributed by atoms with E-state index < -0.39 is 0 Å². The smallest absolute Gasteiger partial charge is 0.177 e. The second-order valence-corrected chi connectivity index (χ2v) is 2.74. The van der Waals surface area contributed by atoms with Gasteiger partial charge < -0.3 is 10.7 Å². The molecule has 0 aliphatic heterocycles. The predicted octanol–water partition coefficient (Wildman–Crippen LogP) is 0.725. The summed E-state index contributed by atoms with van der Waals surface area (Å²) >= 11 is 0. The van der Waals surface area contributed by atoms with Gasteiger partial charge in [0.25, 0.3) is 0 Å². The van der Waals surface area contributed by atoms with E-state index in [4.69, 9.17) is 5.73 Å². The number of nitrogens with two attached hydrogens (primary N) is 1. The zero-order chi connectivity index (χ0) is 8.55. The van der Waals surface area contributed by atoms with E-state index in [0.29, 0.717) is 6.54 Å². The van der Waals surface area contributed by atoms with Crippen LogP contribution in [0.5, 0.6) is 0 Å². The first-order valence-electron chi connectivity index (χ1n) is 3.81. The fraction of sp³-hybridized carbons (Fsp3) is 0.250. The van der Waals surface area contributed by atoms with Gasteiger partial charge in [-0.3, -0.25) is 0 Å². The summed E-state index contributed by atoms with van der Waals surface area (Å²) in [5.41, 5.74) is 8.20. The van der Waals surface area contributed by atoms with Crippen LogP contribution in [0, 0.1) is 6.92 Å². The van der Waals surface area contributed by atoms with Gasteiger partial charge in [0.15, 0.2) is 5.65 Å². The molecule has 62 valence electrons. The van der Waals surface area contributed by atoms with Gasteiger partial charge >= 0.3 is 0 Å². The minimum absolute atomic E-state index is 0.515. The third-order valence-corrected chi connectivity index (χ3v) is 1.75. The summed E-state index contributed by atoms with van der Waals surface area (Å²) in [7, 11) is 0. The van der Waals surface area contributed by atoms with E-state index >= 15 is 0 Å². The highest BCUT2D eigenvalue weighted by atomic mass is 15.0. The van der Waals surface area contributed by atoms with Gasteiger partial charge in [0.05, 0.1) is 5.52 Å². The molecule has 0 saturated carbocycles. The summed E-state index contributed by atoms with van der Waals surface area (Å²) in [6.07, 6.45) is 1.75. The summed E-state index contributed by atoms with van der Waals surface area (Å²) in [5, 5.41) is 0. The van der Waals surface area contributed by atoms with Crippen LogP contribution in [0.4, 0.5) is 0 Å². The zero-order valence-corrected chi connectivity index (χ0v) is 6.83. The van der Waals surface area contributed by atoms with Crippen LogP contribution in [0.15, 0.2) is 12.3 Å². The lowest BCUT2D eigenvalue weighted by Gasteiger charge is -1.93. The molecule has 0 fully saturated rings. The zero-order valence-electron chi connectivity index (χ0n) is 6.83. The van der Waals surface area contributed by atoms with Gasteiger partial charge in [-0.2, -0.15) is 0 Å². The Kier molecular flexibility index (Phi) is 1.55. The molecule has 0 bridgehead atoms. The van der Waals surface area contributed by atoms with Gasteiger partial charge in [0.1, 0.15) is 5.82 Å². The highest BCUT2D eigenvalue weighted by Gasteiger charge is 2.00. The number of H-pyrrole nitrogens is 1. The number of rotatable bonds is 1. The lowest BCUT2D eigenvalue weighted by molar-refractivity contribution is 1.06. The van der Waals surface area contributed by atoms with Crippen molar-refractivity contribution < 1.29 is 0 Å². The molecule has 0 aliphatic carbocycles. The van der Waals surface area contributed by atoms with E-state index in [-0.39, 0.29) is 0 Å². The van der Waals surface area contributed by atoms with Crippen molar-refractivity contribution in [2.45, 2.75) is 13.5 Å². The Morgan fingerprint density at radius 2 is 2.42 bits per heavy atom. The van der Waals surface area contributed by atoms with Gasteiger partial charge in [-0.1, -0.05) is 0 Å². The Balaban J connectivity index is 2.66. The topological polar surface area (TPSA) is 67.6 Å². The number of aromatic amines is 1. The highest BCUT2D eigenvalue weighted by molar-refractivity contribution is 5.70. The van der Waals surface area contributed by atoms with Crippen molar-refractivity contribution in [3.63, 3.8) is 0 Å². The maximum Gasteiger partial charge on any atom is 0.177 e. The van der Waals surface area contributed by atoms with Gasteiger partial charge in [-0.05, 0) is 18.6 Å². The molecular formula is C8H10N4. The fourth-order valence-corrected chi connectivity index (χ4v) is 1.18. The molecule has 0 spiro atoms. The van der Waals surface area contributed by atoms with E-state index in [1.54, 1.807) is 6.20 Å². The number of nitrogens with zero attached hydrogens (tertiary/aromatic N) is 2. The largest absolute Gasteiger partial charge is 0.341 e. The molecular weight excluding hydrogens is 152 g/mol. The molecule has 0 unspecified atom stereocenters. The quantitative estimate of drug-likeness (QED) is 0.649. The van der Waals surface area contributed by atoms with Crippen molar-refractivity contribution in [3.05, 3.63) is 23.7 Å². The third kappa shape index (κ3) is 1.06. The van der Waals surface area contributed by atoms with Crippen LogP contribution in [-0.4, -0.2) is 15.0 Å². The maximum atomic E-state index is 5.47. The summed E-state index contributed by atoms with van der Waals surface area (Å²) in [5.74, 6) is 0.881. The standard InChI is InChI=1S/C8H10N4/c1-5-11-7-2-6(3-9)4-10-8(7)12-5/h2,4H,3,9H2,1H3,(H,10,11,12). The number of aromatic nitrogens is 3. The van der Waals surface area contributed by atoms with Crippen molar-refractivity contribution in [1.82, 2.24) is 15.0 Å². The normalized spacial score (nSPS) is 10.8. The molecule has 2 heterocycles. The number of imidazole rings is 1. The molecule has 0 aliphatic rings. The van der Waals surface area contributed by atoms with Crippen LogP contribution in [0.25, 0.3) is 11.2 Å². The van der Waals surface area contributed by atoms with E-state index in [1.165, 1.54) is 0 Å². The van der Waals surface area contributed by atoms with Crippen molar-refractivity contribution >= 4 is 11.2 Å². The Morgan fingerprint density at radius 3 is 3.17 bits per heavy atom. The van der Waals surface area contributed by atoms with Crippen LogP contribution in [0.3, 0.4) is 0 Å². The van der Waals surface area contributed by atoms with Crippen molar-refractivity contribution in [1.29, 1.82) is 0 Å². The Labute approximate surface area is 69.8 Å². The average Bonchev–Trinajstić information content (AvgIpc) is 2.43. The van der Waals surface area contributed by atoms with E-state index in [2.05, 4.69) is 15.0 Å². The Morgan fingerprint density at radius 1 is 1.58 bits per heavy atom. The van der Waals surface area contributed by atoms with Gasteiger partial charge in [-0.25, -0.2) is 9.97 Å². The summed E-state index contributed by atoms with van der Waals surface area (Å²) < 4.78 is 0. The molecule has 0 saturated heterocycles. The average molecular weight is 162 g/mol. The molecule has 2 aromatic rings. The van der Waals surface area contributed by atoms with Gasteiger partial charge in [-0.15, -0.1) is 0 Å². The van der Waals surface area contributed by atoms with Crippen LogP contribution < -0.4 is 5.73 Å². The second kappa shape index (κ2) is 2.57. The van der Waals surface area contributed by atoms with Gasteiger partial charge in [0.2, 0.25) is 0 Å². The first kappa shape index (κ1) is 7.24. The number of pyridine rings is 1.